The number of nitrogens with one attached hydrogen (secondary N) is 1. The van der Waals surface area contributed by atoms with Crippen molar-refractivity contribution in [3.05, 3.63) is 35.6 Å². The van der Waals surface area contributed by atoms with Gasteiger partial charge in [-0.2, -0.15) is 0 Å². The van der Waals surface area contributed by atoms with E-state index in [1.165, 1.54) is 6.07 Å². The van der Waals surface area contributed by atoms with Crippen molar-refractivity contribution < 1.29 is 9.18 Å². The first-order chi connectivity index (χ1) is 8.65. The third-order valence-electron chi connectivity index (χ3n) is 3.61. The molecule has 2 rings (SSSR count). The zero-order valence-corrected chi connectivity index (χ0v) is 10.4. The van der Waals surface area contributed by atoms with Gasteiger partial charge in [0.1, 0.15) is 5.82 Å². The first kappa shape index (κ1) is 13.0. The van der Waals surface area contributed by atoms with Gasteiger partial charge in [0.25, 0.3) is 0 Å². The summed E-state index contributed by atoms with van der Waals surface area (Å²) in [4.78, 5) is 11.0. The van der Waals surface area contributed by atoms with Crippen LogP contribution in [0.25, 0.3) is 0 Å². The van der Waals surface area contributed by atoms with Crippen LogP contribution in [0.5, 0.6) is 0 Å². The summed E-state index contributed by atoms with van der Waals surface area (Å²) in [5, 5.41) is 3.41. The Hall–Kier alpha value is -1.42. The van der Waals surface area contributed by atoms with Crippen LogP contribution < -0.4 is 11.1 Å². The second-order valence-corrected chi connectivity index (χ2v) is 4.96. The Labute approximate surface area is 107 Å². The third kappa shape index (κ3) is 3.53. The van der Waals surface area contributed by atoms with E-state index in [0.29, 0.717) is 12.6 Å². The van der Waals surface area contributed by atoms with Crippen LogP contribution in [-0.2, 0) is 11.3 Å². The molecule has 3 N–H and O–H groups in total. The van der Waals surface area contributed by atoms with Crippen LogP contribution in [0.1, 0.15) is 31.2 Å². The van der Waals surface area contributed by atoms with E-state index in [2.05, 4.69) is 5.32 Å². The molecule has 0 heterocycles. The van der Waals surface area contributed by atoms with Crippen molar-refractivity contribution in [1.82, 2.24) is 5.32 Å². The minimum Gasteiger partial charge on any atom is -0.369 e. The van der Waals surface area contributed by atoms with Gasteiger partial charge in [-0.05, 0) is 43.4 Å². The summed E-state index contributed by atoms with van der Waals surface area (Å²) in [6, 6.07) is 7.02. The number of carbonyl (C=O) groups is 1. The number of primary amides is 1. The number of benzene rings is 1. The Bertz CT molecular complexity index is 414. The molecule has 0 bridgehead atoms. The summed E-state index contributed by atoms with van der Waals surface area (Å²) in [5.74, 6) is -0.345. The Morgan fingerprint density at radius 2 is 2.06 bits per heavy atom. The highest BCUT2D eigenvalue weighted by Crippen LogP contribution is 2.24. The van der Waals surface area contributed by atoms with Crippen molar-refractivity contribution in [2.24, 2.45) is 11.7 Å². The number of rotatable bonds is 4. The van der Waals surface area contributed by atoms with Crippen LogP contribution in [0.4, 0.5) is 4.39 Å². The van der Waals surface area contributed by atoms with Crippen LogP contribution in [0, 0.1) is 11.7 Å². The molecule has 0 atom stereocenters. The molecule has 18 heavy (non-hydrogen) atoms. The summed E-state index contributed by atoms with van der Waals surface area (Å²) < 4.78 is 13.0. The Balaban J connectivity index is 1.77. The minimum absolute atomic E-state index is 0.0391. The van der Waals surface area contributed by atoms with Crippen molar-refractivity contribution in [3.8, 4) is 0 Å². The van der Waals surface area contributed by atoms with Gasteiger partial charge in [0.05, 0.1) is 0 Å². The number of hydrogen-bond donors (Lipinski definition) is 2. The van der Waals surface area contributed by atoms with Gasteiger partial charge in [-0.15, -0.1) is 0 Å². The number of amides is 1. The molecule has 1 fully saturated rings. The Kier molecular flexibility index (Phi) is 4.31. The number of hydrogen-bond acceptors (Lipinski definition) is 2. The van der Waals surface area contributed by atoms with Crippen LogP contribution in [0.3, 0.4) is 0 Å². The van der Waals surface area contributed by atoms with Crippen molar-refractivity contribution in [2.75, 3.05) is 0 Å². The predicted molar refractivity (Wildman–Crippen MR) is 68.2 cm³/mol. The molecule has 1 aromatic rings. The van der Waals surface area contributed by atoms with Crippen molar-refractivity contribution in [3.63, 3.8) is 0 Å². The van der Waals surface area contributed by atoms with Crippen molar-refractivity contribution in [2.45, 2.75) is 38.3 Å². The van der Waals surface area contributed by atoms with E-state index in [4.69, 9.17) is 5.73 Å². The van der Waals surface area contributed by atoms with Gasteiger partial charge in [0.15, 0.2) is 0 Å². The standard InChI is InChI=1S/C14H19FN2O/c15-12-3-1-2-10(8-12)9-17-13-6-4-11(5-7-13)14(16)18/h1-3,8,11,13,17H,4-7,9H2,(H2,16,18). The van der Waals surface area contributed by atoms with E-state index < -0.39 is 0 Å². The summed E-state index contributed by atoms with van der Waals surface area (Å²) >= 11 is 0. The van der Waals surface area contributed by atoms with E-state index in [1.807, 2.05) is 6.07 Å². The van der Waals surface area contributed by atoms with Crippen molar-refractivity contribution >= 4 is 5.91 Å². The van der Waals surface area contributed by atoms with Crippen LogP contribution in [0.15, 0.2) is 24.3 Å². The number of halogens is 1. The van der Waals surface area contributed by atoms with Gasteiger partial charge in [-0.3, -0.25) is 4.79 Å². The van der Waals surface area contributed by atoms with Gasteiger partial charge >= 0.3 is 0 Å². The van der Waals surface area contributed by atoms with Gasteiger partial charge in [0, 0.05) is 18.5 Å². The smallest absolute Gasteiger partial charge is 0.220 e. The molecule has 0 aliphatic heterocycles. The first-order valence-electron chi connectivity index (χ1n) is 6.42. The fourth-order valence-corrected chi connectivity index (χ4v) is 2.49. The summed E-state index contributed by atoms with van der Waals surface area (Å²) in [7, 11) is 0. The average molecular weight is 250 g/mol. The quantitative estimate of drug-likeness (QED) is 0.858. The molecule has 98 valence electrons. The van der Waals surface area contributed by atoms with Gasteiger partial charge < -0.3 is 11.1 Å². The zero-order chi connectivity index (χ0) is 13.0. The van der Waals surface area contributed by atoms with Crippen LogP contribution >= 0.6 is 0 Å². The lowest BCUT2D eigenvalue weighted by Crippen LogP contribution is -2.36. The van der Waals surface area contributed by atoms with E-state index in [1.54, 1.807) is 12.1 Å². The monoisotopic (exact) mass is 250 g/mol. The Morgan fingerprint density at radius 3 is 2.67 bits per heavy atom. The molecule has 0 spiro atoms. The normalized spacial score (nSPS) is 23.8. The largest absolute Gasteiger partial charge is 0.369 e. The lowest BCUT2D eigenvalue weighted by atomic mass is 9.85. The maximum Gasteiger partial charge on any atom is 0.220 e. The lowest BCUT2D eigenvalue weighted by molar-refractivity contribution is -0.122. The maximum absolute atomic E-state index is 13.0. The van der Waals surface area contributed by atoms with E-state index >= 15 is 0 Å². The molecular weight excluding hydrogens is 231 g/mol. The molecule has 4 heteroatoms. The first-order valence-corrected chi connectivity index (χ1v) is 6.42. The summed E-state index contributed by atoms with van der Waals surface area (Å²) in [5.41, 5.74) is 6.24. The lowest BCUT2D eigenvalue weighted by Gasteiger charge is -2.27. The molecule has 1 amide bonds. The van der Waals surface area contributed by atoms with Gasteiger partial charge in [-0.1, -0.05) is 12.1 Å². The summed E-state index contributed by atoms with van der Waals surface area (Å²) in [6.07, 6.45) is 3.64. The second-order valence-electron chi connectivity index (χ2n) is 4.96. The maximum atomic E-state index is 13.0. The Morgan fingerprint density at radius 1 is 1.33 bits per heavy atom. The molecule has 0 saturated heterocycles. The molecular formula is C14H19FN2O. The van der Waals surface area contributed by atoms with Crippen LogP contribution in [-0.4, -0.2) is 11.9 Å². The molecule has 1 saturated carbocycles. The average Bonchev–Trinajstić information content (AvgIpc) is 2.37. The predicted octanol–water partition coefficient (Wildman–Crippen LogP) is 1.96. The number of carbonyl (C=O) groups excluding carboxylic acids is 1. The summed E-state index contributed by atoms with van der Waals surface area (Å²) in [6.45, 7) is 0.670. The van der Waals surface area contributed by atoms with Gasteiger partial charge in [0.2, 0.25) is 5.91 Å². The topological polar surface area (TPSA) is 55.1 Å². The third-order valence-corrected chi connectivity index (χ3v) is 3.61. The molecule has 0 aromatic heterocycles. The highest BCUT2D eigenvalue weighted by Gasteiger charge is 2.24. The molecule has 1 aliphatic rings. The van der Waals surface area contributed by atoms with E-state index in [-0.39, 0.29) is 17.6 Å². The molecule has 3 nitrogen and oxygen atoms in total. The molecule has 1 aromatic carbocycles. The minimum atomic E-state index is -0.202. The van der Waals surface area contributed by atoms with Crippen molar-refractivity contribution in [1.29, 1.82) is 0 Å². The van der Waals surface area contributed by atoms with E-state index in [9.17, 15) is 9.18 Å². The molecule has 1 aliphatic carbocycles. The number of nitrogens with two attached hydrogens (primary N) is 1. The van der Waals surface area contributed by atoms with Gasteiger partial charge in [-0.25, -0.2) is 4.39 Å². The molecule has 0 unspecified atom stereocenters. The fourth-order valence-electron chi connectivity index (χ4n) is 2.49. The highest BCUT2D eigenvalue weighted by atomic mass is 19.1. The highest BCUT2D eigenvalue weighted by molar-refractivity contribution is 5.76. The second kappa shape index (κ2) is 5.96. The zero-order valence-electron chi connectivity index (χ0n) is 10.4. The van der Waals surface area contributed by atoms with Crippen LogP contribution in [0.2, 0.25) is 0 Å². The van der Waals surface area contributed by atoms with E-state index in [0.717, 1.165) is 31.2 Å². The SMILES string of the molecule is NC(=O)C1CCC(NCc2cccc(F)c2)CC1. The molecule has 0 radical (unpaired) electrons. The fraction of sp³-hybridized carbons (Fsp3) is 0.500.